The summed E-state index contributed by atoms with van der Waals surface area (Å²) in [5.74, 6) is -1.39. The maximum atomic E-state index is 12.3. The first-order valence-corrected chi connectivity index (χ1v) is 20.4. The lowest BCUT2D eigenvalue weighted by atomic mass is 9.81. The smallest absolute Gasteiger partial charge is 0.333 e. The molecule has 0 fully saturated rings. The molecule has 1 aromatic heterocycles. The van der Waals surface area contributed by atoms with Gasteiger partial charge in [0.15, 0.2) is 5.71 Å². The van der Waals surface area contributed by atoms with Gasteiger partial charge >= 0.3 is 5.97 Å². The zero-order valence-electron chi connectivity index (χ0n) is 30.8. The molecule has 0 aliphatic carbocycles. The number of rotatable bonds is 14. The molecule has 0 saturated heterocycles. The molecular weight excluding hydrogens is 735 g/mol. The highest BCUT2D eigenvalue weighted by Gasteiger charge is 2.45. The van der Waals surface area contributed by atoms with Gasteiger partial charge in [0.2, 0.25) is 17.4 Å². The summed E-state index contributed by atoms with van der Waals surface area (Å²) in [6, 6.07) is 11.6. The number of hydrogen-bond donors (Lipinski definition) is 4. The minimum atomic E-state index is -4.42. The molecule has 4 N–H and O–H groups in total. The Kier molecular flexibility index (Phi) is 11.5. The maximum absolute atomic E-state index is 12.3. The summed E-state index contributed by atoms with van der Waals surface area (Å²) in [5, 5.41) is 19.4. The average molecular weight is 781 g/mol. The lowest BCUT2D eigenvalue weighted by molar-refractivity contribution is -0.438. The second-order valence-electron chi connectivity index (χ2n) is 14.1. The van der Waals surface area contributed by atoms with Crippen LogP contribution in [0.5, 0.6) is 11.8 Å². The van der Waals surface area contributed by atoms with E-state index in [1.807, 2.05) is 77.2 Å². The van der Waals surface area contributed by atoms with E-state index in [0.717, 1.165) is 33.9 Å². The first-order chi connectivity index (χ1) is 25.3. The van der Waals surface area contributed by atoms with E-state index >= 15 is 0 Å². The molecule has 0 bridgehead atoms. The van der Waals surface area contributed by atoms with Gasteiger partial charge in [-0.2, -0.15) is 21.4 Å². The summed E-state index contributed by atoms with van der Waals surface area (Å²) < 4.78 is 69.7. The van der Waals surface area contributed by atoms with Gasteiger partial charge < -0.3 is 20.0 Å². The quantitative estimate of drug-likeness (QED) is 0.0618. The normalized spacial score (nSPS) is 17.4. The number of aromatic hydroxyl groups is 2. The summed E-state index contributed by atoms with van der Waals surface area (Å²) in [4.78, 5) is 19.1. The Labute approximate surface area is 316 Å². The van der Waals surface area contributed by atoms with Crippen molar-refractivity contribution >= 4 is 43.3 Å². The van der Waals surface area contributed by atoms with Crippen molar-refractivity contribution in [1.82, 2.24) is 4.73 Å². The number of allylic oxidation sites excluding steroid dienone is 8. The van der Waals surface area contributed by atoms with Gasteiger partial charge in [0, 0.05) is 66.0 Å². The van der Waals surface area contributed by atoms with Gasteiger partial charge in [-0.05, 0) is 75.6 Å². The standard InChI is InChI=1S/C39H45N3O10S2/c1-6-40-31-20-18-27(53(46,47)48)25-29(31)38(2,3)33(40)15-11-8-7-9-12-16-34-39(4,5)30-26-28(54(49,50)51)19-21-32(30)41(34)24-14-10-13-17-37(45)52-42-35(43)22-23-36(42)44/h7-9,11-12,15-16,18-23,25-26H,6,10,13-14,17,24H2,1-5H3,(H3-,43,44,46,47,48,49,50,51)/p+1. The predicted molar refractivity (Wildman–Crippen MR) is 205 cm³/mol. The highest BCUT2D eigenvalue weighted by molar-refractivity contribution is 7.86. The van der Waals surface area contributed by atoms with Crippen LogP contribution in [0.25, 0.3) is 0 Å². The number of fused-ring (bicyclic) bond motifs is 2. The van der Waals surface area contributed by atoms with E-state index in [9.17, 15) is 40.9 Å². The monoisotopic (exact) mass is 780 g/mol. The number of carbonyl (C=O) groups excluding carboxylic acids is 1. The summed E-state index contributed by atoms with van der Waals surface area (Å²) in [6.07, 6.45) is 15.3. The van der Waals surface area contributed by atoms with Crippen LogP contribution in [0.3, 0.4) is 0 Å². The van der Waals surface area contributed by atoms with Crippen LogP contribution < -0.4 is 9.74 Å². The van der Waals surface area contributed by atoms with E-state index in [1.165, 1.54) is 36.4 Å². The van der Waals surface area contributed by atoms with Crippen LogP contribution in [0, 0.1) is 0 Å². The molecule has 0 amide bonds. The van der Waals surface area contributed by atoms with Crippen LogP contribution >= 0.6 is 0 Å². The predicted octanol–water partition coefficient (Wildman–Crippen LogP) is 6.35. The molecule has 0 saturated carbocycles. The van der Waals surface area contributed by atoms with Gasteiger partial charge in [-0.3, -0.25) is 9.11 Å². The Bertz CT molecular complexity index is 2310. The van der Waals surface area contributed by atoms with Crippen molar-refractivity contribution in [2.45, 2.75) is 80.9 Å². The number of benzene rings is 2. The van der Waals surface area contributed by atoms with Crippen molar-refractivity contribution in [2.24, 2.45) is 0 Å². The van der Waals surface area contributed by atoms with Crippen LogP contribution in [0.1, 0.15) is 71.4 Å². The number of unbranched alkanes of at least 4 members (excludes halogenated alkanes) is 2. The van der Waals surface area contributed by atoms with Crippen LogP contribution in [-0.2, 0) is 35.9 Å². The number of nitrogens with zero attached hydrogens (tertiary/aromatic N) is 3. The first kappa shape index (κ1) is 40.2. The van der Waals surface area contributed by atoms with Gasteiger partial charge in [0.25, 0.3) is 20.2 Å². The van der Waals surface area contributed by atoms with Crippen LogP contribution in [-0.4, -0.2) is 70.2 Å². The zero-order valence-corrected chi connectivity index (χ0v) is 32.4. The third-order valence-corrected chi connectivity index (χ3v) is 11.5. The van der Waals surface area contributed by atoms with E-state index in [2.05, 4.69) is 9.48 Å². The van der Waals surface area contributed by atoms with Gasteiger partial charge in [-0.1, -0.05) is 44.2 Å². The van der Waals surface area contributed by atoms with Crippen molar-refractivity contribution in [1.29, 1.82) is 0 Å². The van der Waals surface area contributed by atoms with Crippen LogP contribution in [0.2, 0.25) is 0 Å². The Balaban J connectivity index is 1.31. The van der Waals surface area contributed by atoms with E-state index in [0.29, 0.717) is 37.1 Å². The van der Waals surface area contributed by atoms with Gasteiger partial charge in [0.05, 0.1) is 15.2 Å². The fourth-order valence-corrected chi connectivity index (χ4v) is 8.07. The molecule has 2 aliphatic heterocycles. The average Bonchev–Trinajstić information content (AvgIpc) is 3.61. The number of carbonyl (C=O) groups is 1. The Morgan fingerprint density at radius 1 is 0.778 bits per heavy atom. The maximum Gasteiger partial charge on any atom is 0.333 e. The number of aromatic nitrogens is 1. The third-order valence-electron chi connectivity index (χ3n) is 9.84. The zero-order chi connectivity index (χ0) is 39.6. The molecule has 0 radical (unpaired) electrons. The second-order valence-corrected chi connectivity index (χ2v) is 17.0. The SMILES string of the molecule is CCN1C(=C/C=C/C=C/C=C/C2=[N+](CCCCCC(=O)On3c(O)ccc3O)c3ccc(S(=O)(=O)O)cc3C2(C)C)C(C)(C)c2cc(S(=O)(=O)O)ccc21. The molecule has 0 spiro atoms. The van der Waals surface area contributed by atoms with Gasteiger partial charge in [-0.25, -0.2) is 4.79 Å². The Hall–Kier alpha value is -4.96. The molecule has 13 nitrogen and oxygen atoms in total. The van der Waals surface area contributed by atoms with Crippen molar-refractivity contribution in [3.05, 3.63) is 108 Å². The second kappa shape index (κ2) is 15.4. The number of hydrogen-bond acceptors (Lipinski definition) is 9. The Morgan fingerprint density at radius 3 is 2.00 bits per heavy atom. The van der Waals surface area contributed by atoms with Gasteiger partial charge in [0.1, 0.15) is 6.54 Å². The largest absolute Gasteiger partial charge is 0.492 e. The molecule has 2 aliphatic rings. The Morgan fingerprint density at radius 2 is 1.37 bits per heavy atom. The van der Waals surface area contributed by atoms with E-state index in [1.54, 1.807) is 12.1 Å². The summed E-state index contributed by atoms with van der Waals surface area (Å²) in [7, 11) is -8.76. The lowest BCUT2D eigenvalue weighted by Crippen LogP contribution is -2.28. The number of likely N-dealkylation sites (N-methyl/N-ethyl adjacent to an activating group) is 1. The van der Waals surface area contributed by atoms with E-state index < -0.39 is 48.8 Å². The van der Waals surface area contributed by atoms with Crippen LogP contribution in [0.15, 0.2) is 107 Å². The summed E-state index contributed by atoms with van der Waals surface area (Å²) in [5.41, 5.74) is 4.00. The molecule has 3 aromatic rings. The van der Waals surface area contributed by atoms with Crippen molar-refractivity contribution in [2.75, 3.05) is 18.0 Å². The summed E-state index contributed by atoms with van der Waals surface area (Å²) in [6.45, 7) is 11.2. The molecule has 3 heterocycles. The van der Waals surface area contributed by atoms with Crippen molar-refractivity contribution in [3.63, 3.8) is 0 Å². The molecular formula is C39H46N3O10S2+. The third kappa shape index (κ3) is 8.23. The van der Waals surface area contributed by atoms with Crippen molar-refractivity contribution < 1.29 is 50.4 Å². The van der Waals surface area contributed by atoms with E-state index in [-0.39, 0.29) is 16.2 Å². The molecule has 288 valence electrons. The molecule has 15 heteroatoms. The fraction of sp³-hybridized carbons (Fsp3) is 0.333. The highest BCUT2D eigenvalue weighted by atomic mass is 32.2. The minimum absolute atomic E-state index is 0.0677. The molecule has 2 aromatic carbocycles. The number of anilines is 1. The van der Waals surface area contributed by atoms with Gasteiger partial charge in [-0.15, -0.1) is 4.73 Å². The van der Waals surface area contributed by atoms with E-state index in [4.69, 9.17) is 4.84 Å². The highest BCUT2D eigenvalue weighted by Crippen LogP contribution is 2.48. The molecule has 5 rings (SSSR count). The van der Waals surface area contributed by atoms with Crippen molar-refractivity contribution in [3.8, 4) is 11.8 Å². The molecule has 54 heavy (non-hydrogen) atoms. The molecule has 0 atom stereocenters. The lowest BCUT2D eigenvalue weighted by Gasteiger charge is -2.25. The minimum Gasteiger partial charge on any atom is -0.492 e. The topological polar surface area (TPSA) is 187 Å². The first-order valence-electron chi connectivity index (χ1n) is 17.5. The van der Waals surface area contributed by atoms with Crippen LogP contribution in [0.4, 0.5) is 11.4 Å². The fourth-order valence-electron chi connectivity index (χ4n) is 7.06. The molecule has 0 unspecified atom stereocenters. The summed E-state index contributed by atoms with van der Waals surface area (Å²) >= 11 is 0.